The Bertz CT molecular complexity index is 664. The second-order valence-corrected chi connectivity index (χ2v) is 7.50. The van der Waals surface area contributed by atoms with E-state index in [0.29, 0.717) is 5.89 Å². The van der Waals surface area contributed by atoms with Crippen LogP contribution in [0.1, 0.15) is 74.7 Å². The third-order valence-electron chi connectivity index (χ3n) is 4.63. The summed E-state index contributed by atoms with van der Waals surface area (Å²) in [5.41, 5.74) is 1.94. The van der Waals surface area contributed by atoms with Crippen LogP contribution in [-0.4, -0.2) is 28.0 Å². The van der Waals surface area contributed by atoms with E-state index in [0.717, 1.165) is 35.9 Å². The summed E-state index contributed by atoms with van der Waals surface area (Å²) in [6, 6.07) is 0. The normalized spacial score (nSPS) is 23.4. The number of hydrogen-bond acceptors (Lipinski definition) is 6. The summed E-state index contributed by atoms with van der Waals surface area (Å²) in [5.74, 6) is 2.30. The molecule has 126 valence electrons. The van der Waals surface area contributed by atoms with Crippen LogP contribution in [0.2, 0.25) is 0 Å². The van der Waals surface area contributed by atoms with Gasteiger partial charge in [0.2, 0.25) is 5.89 Å². The maximum absolute atomic E-state index is 5.92. The Balaban J connectivity index is 1.86. The summed E-state index contributed by atoms with van der Waals surface area (Å²) >= 11 is 0. The number of aryl methyl sites for hydroxylation is 2. The van der Waals surface area contributed by atoms with Crippen molar-refractivity contribution in [3.63, 3.8) is 0 Å². The maximum atomic E-state index is 5.92. The lowest BCUT2D eigenvalue weighted by molar-refractivity contribution is 0.0193. The van der Waals surface area contributed by atoms with Crippen molar-refractivity contribution in [2.24, 2.45) is 5.41 Å². The van der Waals surface area contributed by atoms with Gasteiger partial charge in [-0.3, -0.25) is 0 Å². The molecule has 0 amide bonds. The fourth-order valence-corrected chi connectivity index (χ4v) is 3.51. The van der Waals surface area contributed by atoms with Gasteiger partial charge in [-0.2, -0.15) is 4.98 Å². The minimum atomic E-state index is -0.0297. The van der Waals surface area contributed by atoms with Crippen LogP contribution >= 0.6 is 0 Å². The highest BCUT2D eigenvalue weighted by Gasteiger charge is 2.41. The molecule has 0 bridgehead atoms. The first-order chi connectivity index (χ1) is 10.8. The molecule has 23 heavy (non-hydrogen) atoms. The van der Waals surface area contributed by atoms with Gasteiger partial charge in [0.05, 0.1) is 23.6 Å². The predicted molar refractivity (Wildman–Crippen MR) is 84.3 cm³/mol. The second-order valence-electron chi connectivity index (χ2n) is 7.50. The molecular weight excluding hydrogens is 294 g/mol. The lowest BCUT2D eigenvalue weighted by Crippen LogP contribution is -2.30. The van der Waals surface area contributed by atoms with Gasteiger partial charge >= 0.3 is 0 Å². The molecule has 0 saturated carbocycles. The molecule has 3 atom stereocenters. The Kier molecular flexibility index (Phi) is 4.04. The van der Waals surface area contributed by atoms with Crippen LogP contribution in [0.3, 0.4) is 0 Å². The first kappa shape index (κ1) is 16.2. The molecule has 3 heterocycles. The number of aromatic nitrogens is 3. The predicted octanol–water partition coefficient (Wildman–Crippen LogP) is 3.74. The van der Waals surface area contributed by atoms with Crippen molar-refractivity contribution >= 4 is 0 Å². The molecule has 6 nitrogen and oxygen atoms in total. The fraction of sp³-hybridized carbons (Fsp3) is 0.706. The van der Waals surface area contributed by atoms with Gasteiger partial charge in [0.25, 0.3) is 0 Å². The summed E-state index contributed by atoms with van der Waals surface area (Å²) in [6.07, 6.45) is 1.04. The van der Waals surface area contributed by atoms with Gasteiger partial charge in [-0.15, -0.1) is 0 Å². The summed E-state index contributed by atoms with van der Waals surface area (Å²) in [5, 5.41) is 8.24. The largest absolute Gasteiger partial charge is 0.377 e. The summed E-state index contributed by atoms with van der Waals surface area (Å²) in [6.45, 7) is 13.2. The van der Waals surface area contributed by atoms with E-state index < -0.39 is 0 Å². The summed E-state index contributed by atoms with van der Waals surface area (Å²) in [7, 11) is 0. The molecule has 1 aliphatic rings. The standard InChI is InChI=1S/C17H25N3O3/c1-9(13-10(2)19-22-11(13)3)16-18-15(20-23-16)12-7-8-21-14(12)17(4,5)6/h9,12,14H,7-8H2,1-6H3/t9?,12-,14-/m0/s1. The van der Waals surface area contributed by atoms with Gasteiger partial charge in [-0.25, -0.2) is 0 Å². The van der Waals surface area contributed by atoms with Crippen LogP contribution in [0, 0.1) is 19.3 Å². The topological polar surface area (TPSA) is 74.2 Å². The molecule has 1 saturated heterocycles. The lowest BCUT2D eigenvalue weighted by atomic mass is 9.81. The molecule has 6 heteroatoms. The SMILES string of the molecule is Cc1noc(C)c1C(C)c1nc([C@H]2CCO[C@@H]2C(C)(C)C)no1. The molecule has 0 radical (unpaired) electrons. The van der Waals surface area contributed by atoms with Crippen LogP contribution < -0.4 is 0 Å². The van der Waals surface area contributed by atoms with E-state index in [1.54, 1.807) is 0 Å². The van der Waals surface area contributed by atoms with Crippen LogP contribution in [0.25, 0.3) is 0 Å². The van der Waals surface area contributed by atoms with Crippen molar-refractivity contribution in [1.29, 1.82) is 0 Å². The maximum Gasteiger partial charge on any atom is 0.234 e. The zero-order valence-electron chi connectivity index (χ0n) is 14.7. The molecule has 2 aromatic rings. The highest BCUT2D eigenvalue weighted by Crippen LogP contribution is 2.40. The van der Waals surface area contributed by atoms with Gasteiger partial charge in [0.1, 0.15) is 5.76 Å². The molecule has 1 aliphatic heterocycles. The van der Waals surface area contributed by atoms with Gasteiger partial charge < -0.3 is 13.8 Å². The van der Waals surface area contributed by atoms with Crippen molar-refractivity contribution < 1.29 is 13.8 Å². The van der Waals surface area contributed by atoms with Crippen molar-refractivity contribution in [3.05, 3.63) is 28.7 Å². The third kappa shape index (κ3) is 2.92. The number of rotatable bonds is 3. The van der Waals surface area contributed by atoms with Gasteiger partial charge in [0, 0.05) is 12.2 Å². The average Bonchev–Trinajstić information content (AvgIpc) is 3.16. The highest BCUT2D eigenvalue weighted by molar-refractivity contribution is 5.29. The summed E-state index contributed by atoms with van der Waals surface area (Å²) in [4.78, 5) is 4.67. The smallest absolute Gasteiger partial charge is 0.234 e. The van der Waals surface area contributed by atoms with E-state index in [4.69, 9.17) is 13.8 Å². The van der Waals surface area contributed by atoms with Crippen molar-refractivity contribution in [2.45, 2.75) is 65.9 Å². The molecule has 2 aromatic heterocycles. The molecule has 0 N–H and O–H groups in total. The highest BCUT2D eigenvalue weighted by atomic mass is 16.5. The minimum Gasteiger partial charge on any atom is -0.377 e. The van der Waals surface area contributed by atoms with E-state index in [2.05, 4.69) is 36.1 Å². The number of hydrogen-bond donors (Lipinski definition) is 0. The van der Waals surface area contributed by atoms with E-state index in [9.17, 15) is 0 Å². The van der Waals surface area contributed by atoms with E-state index in [-0.39, 0.29) is 23.4 Å². The fourth-order valence-electron chi connectivity index (χ4n) is 3.51. The van der Waals surface area contributed by atoms with Gasteiger partial charge in [-0.1, -0.05) is 31.1 Å². The quantitative estimate of drug-likeness (QED) is 0.858. The Morgan fingerprint density at radius 1 is 1.13 bits per heavy atom. The molecule has 0 aromatic carbocycles. The Labute approximate surface area is 136 Å². The molecule has 1 unspecified atom stereocenters. The first-order valence-electron chi connectivity index (χ1n) is 8.17. The van der Waals surface area contributed by atoms with Crippen molar-refractivity contribution in [1.82, 2.24) is 15.3 Å². The van der Waals surface area contributed by atoms with Crippen LogP contribution in [0.5, 0.6) is 0 Å². The van der Waals surface area contributed by atoms with Gasteiger partial charge in [-0.05, 0) is 32.6 Å². The number of ether oxygens (including phenoxy) is 1. The Morgan fingerprint density at radius 3 is 2.48 bits per heavy atom. The number of nitrogens with zero attached hydrogens (tertiary/aromatic N) is 3. The zero-order valence-corrected chi connectivity index (χ0v) is 14.7. The third-order valence-corrected chi connectivity index (χ3v) is 4.63. The molecule has 0 aliphatic carbocycles. The minimum absolute atomic E-state index is 0.0297. The Morgan fingerprint density at radius 2 is 1.87 bits per heavy atom. The molecular formula is C17H25N3O3. The van der Waals surface area contributed by atoms with E-state index in [1.807, 2.05) is 20.8 Å². The monoisotopic (exact) mass is 319 g/mol. The van der Waals surface area contributed by atoms with Gasteiger partial charge in [0.15, 0.2) is 5.82 Å². The summed E-state index contributed by atoms with van der Waals surface area (Å²) < 4.78 is 16.7. The van der Waals surface area contributed by atoms with Crippen LogP contribution in [0.4, 0.5) is 0 Å². The van der Waals surface area contributed by atoms with Crippen LogP contribution in [0.15, 0.2) is 9.05 Å². The van der Waals surface area contributed by atoms with Crippen molar-refractivity contribution in [2.75, 3.05) is 6.61 Å². The Hall–Kier alpha value is -1.69. The zero-order chi connectivity index (χ0) is 16.8. The molecule has 0 spiro atoms. The van der Waals surface area contributed by atoms with E-state index >= 15 is 0 Å². The molecule has 1 fully saturated rings. The average molecular weight is 319 g/mol. The van der Waals surface area contributed by atoms with Crippen molar-refractivity contribution in [3.8, 4) is 0 Å². The van der Waals surface area contributed by atoms with Crippen LogP contribution in [-0.2, 0) is 4.74 Å². The first-order valence-corrected chi connectivity index (χ1v) is 8.17. The molecule has 3 rings (SSSR count). The second kappa shape index (κ2) is 5.74. The van der Waals surface area contributed by atoms with E-state index in [1.165, 1.54) is 0 Å². The lowest BCUT2D eigenvalue weighted by Gasteiger charge is -2.29.